The van der Waals surface area contributed by atoms with E-state index >= 15 is 0 Å². The lowest BCUT2D eigenvalue weighted by atomic mass is 10.1. The molecule has 0 aliphatic rings. The number of hydrogen-bond acceptors (Lipinski definition) is 4. The van der Waals surface area contributed by atoms with Gasteiger partial charge in [-0.05, 0) is 44.9 Å². The molecule has 0 saturated carbocycles. The molecule has 0 saturated heterocycles. The molecule has 0 bridgehead atoms. The number of nitrogens with one attached hydrogen (secondary N) is 2. The average Bonchev–Trinajstić information content (AvgIpc) is 2.84. The van der Waals surface area contributed by atoms with Crippen molar-refractivity contribution in [3.05, 3.63) is 40.9 Å². The zero-order valence-electron chi connectivity index (χ0n) is 13.6. The zero-order valence-corrected chi connectivity index (χ0v) is 14.4. The third-order valence-corrected chi connectivity index (χ3v) is 3.83. The second-order valence-corrected chi connectivity index (χ2v) is 7.15. The summed E-state index contributed by atoms with van der Waals surface area (Å²) in [6.07, 6.45) is 1.34. The van der Waals surface area contributed by atoms with Crippen LogP contribution in [0, 0.1) is 0 Å². The number of aryl methyl sites for hydroxylation is 1. The summed E-state index contributed by atoms with van der Waals surface area (Å²) in [5.74, 6) is -0.00310. The first-order valence-corrected chi connectivity index (χ1v) is 8.35. The molecule has 5 heteroatoms. The number of rotatable bonds is 5. The molecular formula is C17H23N3OS. The number of amides is 1. The molecule has 0 spiro atoms. The van der Waals surface area contributed by atoms with Crippen molar-refractivity contribution in [2.45, 2.75) is 46.1 Å². The highest BCUT2D eigenvalue weighted by atomic mass is 32.1. The van der Waals surface area contributed by atoms with E-state index in [1.165, 1.54) is 16.9 Å². The number of hydrogen-bond donors (Lipinski definition) is 2. The van der Waals surface area contributed by atoms with E-state index in [4.69, 9.17) is 0 Å². The van der Waals surface area contributed by atoms with Crippen molar-refractivity contribution in [3.63, 3.8) is 0 Å². The molecule has 1 amide bonds. The third-order valence-electron chi connectivity index (χ3n) is 3.02. The Labute approximate surface area is 136 Å². The van der Waals surface area contributed by atoms with E-state index < -0.39 is 0 Å². The van der Waals surface area contributed by atoms with Crippen LogP contribution in [0.1, 0.15) is 39.0 Å². The standard InChI is InChI=1S/C17H23N3OS/c1-5-12-6-8-13(9-7-12)18-16-19-14(11-22-16)10-15(21)20-17(2,3)4/h6-9,11H,5,10H2,1-4H3,(H,18,19)(H,20,21). The number of carbonyl (C=O) groups excluding carboxylic acids is 1. The van der Waals surface area contributed by atoms with Crippen LogP contribution in [0.4, 0.5) is 10.8 Å². The summed E-state index contributed by atoms with van der Waals surface area (Å²) in [6, 6.07) is 8.31. The number of nitrogens with zero attached hydrogens (tertiary/aromatic N) is 1. The summed E-state index contributed by atoms with van der Waals surface area (Å²) < 4.78 is 0. The van der Waals surface area contributed by atoms with Crippen LogP contribution in [0.25, 0.3) is 0 Å². The molecule has 22 heavy (non-hydrogen) atoms. The molecule has 0 aliphatic heterocycles. The fraction of sp³-hybridized carbons (Fsp3) is 0.412. The first kappa shape index (κ1) is 16.5. The van der Waals surface area contributed by atoms with Crippen molar-refractivity contribution in [2.24, 2.45) is 0 Å². The quantitative estimate of drug-likeness (QED) is 0.879. The second-order valence-electron chi connectivity index (χ2n) is 6.29. The Kier molecular flexibility index (Phi) is 5.19. The zero-order chi connectivity index (χ0) is 16.2. The number of aromatic nitrogens is 1. The molecule has 0 aliphatic carbocycles. The fourth-order valence-electron chi connectivity index (χ4n) is 2.02. The number of benzene rings is 1. The molecule has 0 fully saturated rings. The van der Waals surface area contributed by atoms with Gasteiger partial charge in [-0.1, -0.05) is 19.1 Å². The van der Waals surface area contributed by atoms with Gasteiger partial charge >= 0.3 is 0 Å². The molecule has 1 heterocycles. The van der Waals surface area contributed by atoms with Crippen molar-refractivity contribution in [1.29, 1.82) is 0 Å². The van der Waals surface area contributed by atoms with Crippen molar-refractivity contribution in [2.75, 3.05) is 5.32 Å². The lowest BCUT2D eigenvalue weighted by molar-refractivity contribution is -0.121. The highest BCUT2D eigenvalue weighted by molar-refractivity contribution is 7.13. The van der Waals surface area contributed by atoms with Crippen LogP contribution in [-0.4, -0.2) is 16.4 Å². The van der Waals surface area contributed by atoms with E-state index in [-0.39, 0.29) is 11.4 Å². The lowest BCUT2D eigenvalue weighted by Gasteiger charge is -2.20. The minimum atomic E-state index is -0.213. The highest BCUT2D eigenvalue weighted by Gasteiger charge is 2.15. The van der Waals surface area contributed by atoms with Gasteiger partial charge in [-0.2, -0.15) is 0 Å². The van der Waals surface area contributed by atoms with E-state index in [0.29, 0.717) is 6.42 Å². The summed E-state index contributed by atoms with van der Waals surface area (Å²) in [7, 11) is 0. The Morgan fingerprint density at radius 2 is 1.91 bits per heavy atom. The van der Waals surface area contributed by atoms with Gasteiger partial charge in [0.2, 0.25) is 5.91 Å². The van der Waals surface area contributed by atoms with Gasteiger partial charge in [-0.3, -0.25) is 4.79 Å². The molecule has 0 atom stereocenters. The van der Waals surface area contributed by atoms with Gasteiger partial charge in [0.1, 0.15) is 0 Å². The normalized spacial score (nSPS) is 11.3. The summed E-state index contributed by atoms with van der Waals surface area (Å²) in [5.41, 5.74) is 2.90. The maximum absolute atomic E-state index is 11.9. The van der Waals surface area contributed by atoms with Crippen molar-refractivity contribution in [3.8, 4) is 0 Å². The second kappa shape index (κ2) is 6.92. The summed E-state index contributed by atoms with van der Waals surface area (Å²) in [5, 5.41) is 8.95. The van der Waals surface area contributed by atoms with Crippen LogP contribution in [-0.2, 0) is 17.6 Å². The smallest absolute Gasteiger partial charge is 0.226 e. The fourth-order valence-corrected chi connectivity index (χ4v) is 2.75. The minimum absolute atomic E-state index is 0.00310. The Hall–Kier alpha value is -1.88. The molecule has 2 N–H and O–H groups in total. The van der Waals surface area contributed by atoms with Gasteiger partial charge in [0, 0.05) is 16.6 Å². The van der Waals surface area contributed by atoms with Gasteiger partial charge < -0.3 is 10.6 Å². The van der Waals surface area contributed by atoms with Gasteiger partial charge in [0.25, 0.3) is 0 Å². The van der Waals surface area contributed by atoms with Crippen LogP contribution >= 0.6 is 11.3 Å². The molecule has 0 unspecified atom stereocenters. The molecule has 1 aromatic heterocycles. The van der Waals surface area contributed by atoms with Crippen molar-refractivity contribution in [1.82, 2.24) is 10.3 Å². The minimum Gasteiger partial charge on any atom is -0.351 e. The van der Waals surface area contributed by atoms with E-state index in [2.05, 4.69) is 34.7 Å². The highest BCUT2D eigenvalue weighted by Crippen LogP contribution is 2.21. The van der Waals surface area contributed by atoms with Crippen molar-refractivity contribution < 1.29 is 4.79 Å². The Morgan fingerprint density at radius 3 is 2.50 bits per heavy atom. The van der Waals surface area contributed by atoms with Gasteiger partial charge in [-0.25, -0.2) is 4.98 Å². The van der Waals surface area contributed by atoms with E-state index in [1.807, 2.05) is 38.3 Å². The third kappa shape index (κ3) is 5.15. The number of thiazole rings is 1. The van der Waals surface area contributed by atoms with Crippen LogP contribution in [0.2, 0.25) is 0 Å². The molecular weight excluding hydrogens is 294 g/mol. The summed E-state index contributed by atoms with van der Waals surface area (Å²) in [6.45, 7) is 8.05. The molecule has 1 aromatic carbocycles. The van der Waals surface area contributed by atoms with Gasteiger partial charge in [0.15, 0.2) is 5.13 Å². The van der Waals surface area contributed by atoms with Gasteiger partial charge in [-0.15, -0.1) is 11.3 Å². The first-order chi connectivity index (χ1) is 10.4. The summed E-state index contributed by atoms with van der Waals surface area (Å²) >= 11 is 1.51. The monoisotopic (exact) mass is 317 g/mol. The Balaban J connectivity index is 1.94. The van der Waals surface area contributed by atoms with E-state index in [0.717, 1.165) is 22.9 Å². The van der Waals surface area contributed by atoms with Crippen LogP contribution in [0.15, 0.2) is 29.6 Å². The summed E-state index contributed by atoms with van der Waals surface area (Å²) in [4.78, 5) is 16.4. The molecule has 2 rings (SSSR count). The average molecular weight is 317 g/mol. The number of anilines is 2. The maximum atomic E-state index is 11.9. The lowest BCUT2D eigenvalue weighted by Crippen LogP contribution is -2.41. The topological polar surface area (TPSA) is 54.0 Å². The Morgan fingerprint density at radius 1 is 1.23 bits per heavy atom. The predicted octanol–water partition coefficient (Wildman–Crippen LogP) is 3.91. The molecule has 118 valence electrons. The predicted molar refractivity (Wildman–Crippen MR) is 92.8 cm³/mol. The number of carbonyl (C=O) groups is 1. The van der Waals surface area contributed by atoms with Gasteiger partial charge in [0.05, 0.1) is 12.1 Å². The Bertz CT molecular complexity index is 626. The van der Waals surface area contributed by atoms with Crippen LogP contribution in [0.3, 0.4) is 0 Å². The molecule has 2 aromatic rings. The largest absolute Gasteiger partial charge is 0.351 e. The molecule has 4 nitrogen and oxygen atoms in total. The first-order valence-electron chi connectivity index (χ1n) is 7.47. The van der Waals surface area contributed by atoms with E-state index in [1.54, 1.807) is 0 Å². The molecule has 0 radical (unpaired) electrons. The van der Waals surface area contributed by atoms with Crippen molar-refractivity contribution >= 4 is 28.1 Å². The van der Waals surface area contributed by atoms with Crippen LogP contribution in [0.5, 0.6) is 0 Å². The van der Waals surface area contributed by atoms with E-state index in [9.17, 15) is 4.79 Å². The maximum Gasteiger partial charge on any atom is 0.226 e. The van der Waals surface area contributed by atoms with Crippen LogP contribution < -0.4 is 10.6 Å². The SMILES string of the molecule is CCc1ccc(Nc2nc(CC(=O)NC(C)(C)C)cs2)cc1.